The first-order chi connectivity index (χ1) is 11.6. The zero-order valence-electron chi connectivity index (χ0n) is 15.1. The molecule has 0 unspecified atom stereocenters. The van der Waals surface area contributed by atoms with Crippen molar-refractivity contribution in [2.24, 2.45) is 0 Å². The van der Waals surface area contributed by atoms with Gasteiger partial charge in [-0.1, -0.05) is 12.1 Å². The Morgan fingerprint density at radius 1 is 1.12 bits per heavy atom. The summed E-state index contributed by atoms with van der Waals surface area (Å²) in [7, 11) is 1.68. The van der Waals surface area contributed by atoms with E-state index in [1.54, 1.807) is 7.11 Å². The lowest BCUT2D eigenvalue weighted by Gasteiger charge is -2.16. The number of hydrogen-bond acceptors (Lipinski definition) is 3. The van der Waals surface area contributed by atoms with E-state index in [0.29, 0.717) is 6.61 Å². The predicted octanol–water partition coefficient (Wildman–Crippen LogP) is 5.05. The van der Waals surface area contributed by atoms with E-state index in [-0.39, 0.29) is 0 Å². The van der Waals surface area contributed by atoms with Gasteiger partial charge in [-0.15, -0.1) is 6.58 Å². The SMILES string of the molecule is C=CCc1cc(CNc2ccc(C)c(C)c2)cc(OC)c1OCC. The fourth-order valence-corrected chi connectivity index (χ4v) is 2.65. The van der Waals surface area contributed by atoms with Crippen LogP contribution in [0.2, 0.25) is 0 Å². The minimum atomic E-state index is 0.612. The van der Waals surface area contributed by atoms with Crippen LogP contribution in [0.15, 0.2) is 43.0 Å². The molecule has 0 aliphatic heterocycles. The third kappa shape index (κ3) is 4.31. The highest BCUT2D eigenvalue weighted by atomic mass is 16.5. The van der Waals surface area contributed by atoms with Crippen molar-refractivity contribution in [2.45, 2.75) is 33.7 Å². The van der Waals surface area contributed by atoms with Crippen LogP contribution in [-0.2, 0) is 13.0 Å². The highest BCUT2D eigenvalue weighted by Crippen LogP contribution is 2.34. The fraction of sp³-hybridized carbons (Fsp3) is 0.333. The second kappa shape index (κ2) is 8.44. The normalized spacial score (nSPS) is 10.3. The number of anilines is 1. The van der Waals surface area contributed by atoms with Gasteiger partial charge in [-0.25, -0.2) is 0 Å². The van der Waals surface area contributed by atoms with Crippen molar-refractivity contribution in [3.8, 4) is 11.5 Å². The van der Waals surface area contributed by atoms with E-state index >= 15 is 0 Å². The number of nitrogens with one attached hydrogen (secondary N) is 1. The number of aryl methyl sites for hydroxylation is 2. The predicted molar refractivity (Wildman–Crippen MR) is 101 cm³/mol. The maximum atomic E-state index is 5.77. The van der Waals surface area contributed by atoms with Gasteiger partial charge < -0.3 is 14.8 Å². The van der Waals surface area contributed by atoms with Gasteiger partial charge in [-0.05, 0) is 68.1 Å². The van der Waals surface area contributed by atoms with Crippen molar-refractivity contribution < 1.29 is 9.47 Å². The summed E-state index contributed by atoms with van der Waals surface area (Å²) in [6, 6.07) is 10.6. The van der Waals surface area contributed by atoms with E-state index in [1.165, 1.54) is 11.1 Å². The first-order valence-corrected chi connectivity index (χ1v) is 8.33. The summed E-state index contributed by atoms with van der Waals surface area (Å²) in [4.78, 5) is 0. The third-order valence-corrected chi connectivity index (χ3v) is 4.07. The van der Waals surface area contributed by atoms with Crippen LogP contribution in [0.3, 0.4) is 0 Å². The Morgan fingerprint density at radius 2 is 1.92 bits per heavy atom. The van der Waals surface area contributed by atoms with Crippen LogP contribution in [0.25, 0.3) is 0 Å². The topological polar surface area (TPSA) is 30.5 Å². The van der Waals surface area contributed by atoms with Crippen molar-refractivity contribution in [2.75, 3.05) is 19.0 Å². The van der Waals surface area contributed by atoms with E-state index < -0.39 is 0 Å². The summed E-state index contributed by atoms with van der Waals surface area (Å²) in [5.74, 6) is 1.59. The second-order valence-corrected chi connectivity index (χ2v) is 5.86. The molecule has 2 aromatic rings. The molecule has 0 heterocycles. The number of methoxy groups -OCH3 is 1. The van der Waals surface area contributed by atoms with Crippen LogP contribution in [0.1, 0.15) is 29.2 Å². The van der Waals surface area contributed by atoms with Crippen molar-refractivity contribution in [1.29, 1.82) is 0 Å². The van der Waals surface area contributed by atoms with Crippen LogP contribution >= 0.6 is 0 Å². The molecule has 0 radical (unpaired) electrons. The second-order valence-electron chi connectivity index (χ2n) is 5.86. The summed E-state index contributed by atoms with van der Waals surface area (Å²) in [5, 5.41) is 3.48. The molecule has 128 valence electrons. The standard InChI is InChI=1S/C21H27NO2/c1-6-8-18-12-17(13-20(23-5)21(18)24-7-2)14-22-19-10-9-15(3)16(4)11-19/h6,9-13,22H,1,7-8,14H2,2-5H3. The van der Waals surface area contributed by atoms with E-state index in [4.69, 9.17) is 9.47 Å². The smallest absolute Gasteiger partial charge is 0.164 e. The fourth-order valence-electron chi connectivity index (χ4n) is 2.65. The molecule has 3 heteroatoms. The van der Waals surface area contributed by atoms with Gasteiger partial charge in [-0.2, -0.15) is 0 Å². The molecule has 2 aromatic carbocycles. The molecule has 0 atom stereocenters. The maximum Gasteiger partial charge on any atom is 0.164 e. The largest absolute Gasteiger partial charge is 0.493 e. The Balaban J connectivity index is 2.24. The van der Waals surface area contributed by atoms with Gasteiger partial charge in [-0.3, -0.25) is 0 Å². The van der Waals surface area contributed by atoms with Gasteiger partial charge >= 0.3 is 0 Å². The Bertz CT molecular complexity index is 707. The lowest BCUT2D eigenvalue weighted by molar-refractivity contribution is 0.308. The highest BCUT2D eigenvalue weighted by Gasteiger charge is 2.12. The zero-order valence-corrected chi connectivity index (χ0v) is 15.1. The quantitative estimate of drug-likeness (QED) is 0.689. The summed E-state index contributed by atoms with van der Waals surface area (Å²) in [6.07, 6.45) is 2.64. The van der Waals surface area contributed by atoms with Crippen LogP contribution in [0.5, 0.6) is 11.5 Å². The van der Waals surface area contributed by atoms with Gasteiger partial charge in [0.2, 0.25) is 0 Å². The number of rotatable bonds is 8. The molecule has 0 spiro atoms. The van der Waals surface area contributed by atoms with Gasteiger partial charge in [0.05, 0.1) is 13.7 Å². The lowest BCUT2D eigenvalue weighted by atomic mass is 10.0. The Kier molecular flexibility index (Phi) is 6.30. The van der Waals surface area contributed by atoms with Crippen LogP contribution in [0, 0.1) is 13.8 Å². The third-order valence-electron chi connectivity index (χ3n) is 4.07. The van der Waals surface area contributed by atoms with Gasteiger partial charge in [0.25, 0.3) is 0 Å². The highest BCUT2D eigenvalue weighted by molar-refractivity contribution is 5.52. The maximum absolute atomic E-state index is 5.77. The molecule has 0 fully saturated rings. The van der Waals surface area contributed by atoms with E-state index in [2.05, 4.69) is 50.0 Å². The van der Waals surface area contributed by atoms with Gasteiger partial charge in [0.1, 0.15) is 0 Å². The Morgan fingerprint density at radius 3 is 2.54 bits per heavy atom. The summed E-state index contributed by atoms with van der Waals surface area (Å²) in [6.45, 7) is 11.4. The summed E-state index contributed by atoms with van der Waals surface area (Å²) >= 11 is 0. The van der Waals surface area contributed by atoms with Crippen molar-refractivity contribution in [3.63, 3.8) is 0 Å². The van der Waals surface area contributed by atoms with Gasteiger partial charge in [0, 0.05) is 17.8 Å². The molecule has 1 N–H and O–H groups in total. The summed E-state index contributed by atoms with van der Waals surface area (Å²) in [5.41, 5.74) is 5.97. The molecule has 0 saturated carbocycles. The Labute approximate surface area is 145 Å². The lowest BCUT2D eigenvalue weighted by Crippen LogP contribution is -2.04. The van der Waals surface area contributed by atoms with Crippen LogP contribution in [0.4, 0.5) is 5.69 Å². The molecule has 2 rings (SSSR count). The van der Waals surface area contributed by atoms with E-state index in [9.17, 15) is 0 Å². The monoisotopic (exact) mass is 325 g/mol. The first-order valence-electron chi connectivity index (χ1n) is 8.33. The van der Waals surface area contributed by atoms with Crippen molar-refractivity contribution in [1.82, 2.24) is 0 Å². The first kappa shape index (κ1) is 17.9. The minimum Gasteiger partial charge on any atom is -0.493 e. The van der Waals surface area contributed by atoms with Crippen molar-refractivity contribution >= 4 is 5.69 Å². The number of ether oxygens (including phenoxy) is 2. The van der Waals surface area contributed by atoms with E-state index in [1.807, 2.05) is 19.1 Å². The molecular weight excluding hydrogens is 298 g/mol. The number of allylic oxidation sites excluding steroid dienone is 1. The molecule has 24 heavy (non-hydrogen) atoms. The van der Waals surface area contributed by atoms with Gasteiger partial charge in [0.15, 0.2) is 11.5 Å². The molecule has 0 aliphatic rings. The molecule has 3 nitrogen and oxygen atoms in total. The van der Waals surface area contributed by atoms with Crippen molar-refractivity contribution in [3.05, 3.63) is 65.2 Å². The van der Waals surface area contributed by atoms with E-state index in [0.717, 1.165) is 41.3 Å². The molecule has 0 amide bonds. The summed E-state index contributed by atoms with van der Waals surface area (Å²) < 4.78 is 11.3. The van der Waals surface area contributed by atoms with Crippen LogP contribution < -0.4 is 14.8 Å². The molecule has 0 bridgehead atoms. The minimum absolute atomic E-state index is 0.612. The Hall–Kier alpha value is -2.42. The average molecular weight is 325 g/mol. The van der Waals surface area contributed by atoms with Crippen LogP contribution in [-0.4, -0.2) is 13.7 Å². The number of hydrogen-bond donors (Lipinski definition) is 1. The average Bonchev–Trinajstić information content (AvgIpc) is 2.58. The molecule has 0 aromatic heterocycles. The molecular formula is C21H27NO2. The molecule has 0 saturated heterocycles. The number of benzene rings is 2. The zero-order chi connectivity index (χ0) is 17.5. The molecule has 0 aliphatic carbocycles.